The molecule has 4 rings (SSSR count). The van der Waals surface area contributed by atoms with Crippen molar-refractivity contribution in [3.8, 4) is 11.5 Å². The molecule has 2 atom stereocenters. The third kappa shape index (κ3) is 3.84. The van der Waals surface area contributed by atoms with E-state index < -0.39 is 6.10 Å². The van der Waals surface area contributed by atoms with E-state index in [0.717, 1.165) is 48.2 Å². The van der Waals surface area contributed by atoms with Crippen LogP contribution in [0.15, 0.2) is 66.1 Å². The van der Waals surface area contributed by atoms with Gasteiger partial charge in [-0.15, -0.1) is 0 Å². The quantitative estimate of drug-likeness (QED) is 0.672. The summed E-state index contributed by atoms with van der Waals surface area (Å²) in [6, 6.07) is 15.0. The van der Waals surface area contributed by atoms with Gasteiger partial charge < -0.3 is 20.5 Å². The number of allylic oxidation sites excluding steroid dienone is 2. The van der Waals surface area contributed by atoms with Crippen LogP contribution < -0.4 is 15.4 Å². The van der Waals surface area contributed by atoms with Crippen molar-refractivity contribution >= 4 is 5.70 Å². The lowest BCUT2D eigenvalue weighted by Gasteiger charge is -2.20. The summed E-state index contributed by atoms with van der Waals surface area (Å²) in [6.45, 7) is 2.11. The number of rotatable bonds is 5. The van der Waals surface area contributed by atoms with Crippen molar-refractivity contribution in [1.29, 1.82) is 0 Å². The Morgan fingerprint density at radius 2 is 1.82 bits per heavy atom. The summed E-state index contributed by atoms with van der Waals surface area (Å²) in [4.78, 5) is 0. The minimum Gasteiger partial charge on any atom is -0.508 e. The van der Waals surface area contributed by atoms with Gasteiger partial charge >= 0.3 is 0 Å². The largest absolute Gasteiger partial charge is 0.508 e. The Bertz CT molecular complexity index is 888. The van der Waals surface area contributed by atoms with E-state index in [4.69, 9.17) is 4.74 Å². The minimum absolute atomic E-state index is 0.0389. The summed E-state index contributed by atoms with van der Waals surface area (Å²) < 4.78 is 19.7. The highest BCUT2D eigenvalue weighted by atomic mass is 19.1. The van der Waals surface area contributed by atoms with Gasteiger partial charge in [0.15, 0.2) is 0 Å². The summed E-state index contributed by atoms with van der Waals surface area (Å²) in [5, 5.41) is 16.5. The fourth-order valence-electron chi connectivity index (χ4n) is 3.68. The maximum Gasteiger partial charge on any atom is 0.150 e. The summed E-state index contributed by atoms with van der Waals surface area (Å²) in [6.07, 6.45) is 4.45. The number of hydrogen-bond acceptors (Lipinski definition) is 4. The van der Waals surface area contributed by atoms with Gasteiger partial charge in [0.05, 0.1) is 5.70 Å². The van der Waals surface area contributed by atoms with Crippen LogP contribution in [0.25, 0.3) is 5.70 Å². The topological polar surface area (TPSA) is 53.5 Å². The molecule has 146 valence electrons. The van der Waals surface area contributed by atoms with Crippen LogP contribution in [-0.4, -0.2) is 11.2 Å². The van der Waals surface area contributed by atoms with Crippen LogP contribution in [0.3, 0.4) is 0 Å². The highest BCUT2D eigenvalue weighted by Gasteiger charge is 2.24. The van der Waals surface area contributed by atoms with E-state index >= 15 is 0 Å². The molecule has 0 radical (unpaired) electrons. The number of phenols is 1. The van der Waals surface area contributed by atoms with Crippen LogP contribution in [0.5, 0.6) is 11.5 Å². The molecule has 4 nitrogen and oxygen atoms in total. The molecular formula is C23H25FN2O2. The molecule has 2 aliphatic rings. The number of phenolic OH excluding ortho intramolecular Hbond substituents is 1. The highest BCUT2D eigenvalue weighted by molar-refractivity contribution is 5.69. The second-order valence-electron chi connectivity index (χ2n) is 7.17. The monoisotopic (exact) mass is 380 g/mol. The van der Waals surface area contributed by atoms with Crippen LogP contribution in [0.1, 0.15) is 49.9 Å². The van der Waals surface area contributed by atoms with E-state index in [1.807, 2.05) is 36.4 Å². The zero-order valence-corrected chi connectivity index (χ0v) is 15.9. The van der Waals surface area contributed by atoms with E-state index in [-0.39, 0.29) is 17.7 Å². The molecule has 5 heteroatoms. The molecule has 0 amide bonds. The predicted octanol–water partition coefficient (Wildman–Crippen LogP) is 5.15. The Kier molecular flexibility index (Phi) is 5.24. The Morgan fingerprint density at radius 1 is 1.07 bits per heavy atom. The van der Waals surface area contributed by atoms with Crippen LogP contribution in [-0.2, 0) is 0 Å². The zero-order valence-electron chi connectivity index (χ0n) is 15.9. The summed E-state index contributed by atoms with van der Waals surface area (Å²) in [5.74, 6) is 0.772. The number of halogens is 1. The Labute approximate surface area is 164 Å². The average Bonchev–Trinajstić information content (AvgIpc) is 3.15. The summed E-state index contributed by atoms with van der Waals surface area (Å²) in [5.41, 5.74) is 4.29. The first kappa shape index (κ1) is 18.4. The lowest BCUT2D eigenvalue weighted by molar-refractivity contribution is 0.187. The van der Waals surface area contributed by atoms with Gasteiger partial charge in [-0.3, -0.25) is 0 Å². The normalized spacial score (nSPS) is 21.7. The van der Waals surface area contributed by atoms with Gasteiger partial charge in [-0.25, -0.2) is 4.39 Å². The van der Waals surface area contributed by atoms with Crippen molar-refractivity contribution in [3.05, 3.63) is 77.3 Å². The van der Waals surface area contributed by atoms with E-state index in [9.17, 15) is 9.50 Å². The molecule has 2 unspecified atom stereocenters. The van der Waals surface area contributed by atoms with Crippen molar-refractivity contribution in [3.63, 3.8) is 0 Å². The number of nitrogens with one attached hydrogen (secondary N) is 2. The molecule has 1 aliphatic heterocycles. The fraction of sp³-hybridized carbons (Fsp3) is 0.304. The smallest absolute Gasteiger partial charge is 0.150 e. The molecule has 0 spiro atoms. The molecular weight excluding hydrogens is 355 g/mol. The number of hydrogen-bond donors (Lipinski definition) is 3. The van der Waals surface area contributed by atoms with Crippen molar-refractivity contribution in [2.24, 2.45) is 0 Å². The molecule has 0 fully saturated rings. The maximum absolute atomic E-state index is 13.9. The first-order chi connectivity index (χ1) is 13.6. The van der Waals surface area contributed by atoms with E-state index in [1.165, 1.54) is 0 Å². The Hall–Kier alpha value is -2.95. The molecule has 0 bridgehead atoms. The third-order valence-electron chi connectivity index (χ3n) is 5.23. The molecule has 1 heterocycles. The number of benzene rings is 2. The third-order valence-corrected chi connectivity index (χ3v) is 5.23. The lowest BCUT2D eigenvalue weighted by atomic mass is 10.0. The highest BCUT2D eigenvalue weighted by Crippen LogP contribution is 2.31. The first-order valence-corrected chi connectivity index (χ1v) is 9.82. The fourth-order valence-corrected chi connectivity index (χ4v) is 3.68. The average molecular weight is 380 g/mol. The molecule has 1 aliphatic carbocycles. The van der Waals surface area contributed by atoms with Crippen molar-refractivity contribution in [2.75, 3.05) is 0 Å². The van der Waals surface area contributed by atoms with E-state index in [0.29, 0.717) is 5.75 Å². The second kappa shape index (κ2) is 7.97. The Balaban J connectivity index is 1.48. The standard InChI is InChI=1S/C23H25FN2O2/c1-2-20-22(26-23(25-20)16-7-11-17(27)12-8-16)15-9-13-18(14-10-15)28-21-6-4-3-5-19(21)24/h5,7-14,21,23,25-27H,2-4,6H2,1H3. The first-order valence-electron chi connectivity index (χ1n) is 9.82. The molecule has 28 heavy (non-hydrogen) atoms. The second-order valence-corrected chi connectivity index (χ2v) is 7.17. The van der Waals surface area contributed by atoms with Crippen LogP contribution in [0.2, 0.25) is 0 Å². The molecule has 0 aromatic heterocycles. The molecule has 3 N–H and O–H groups in total. The van der Waals surface area contributed by atoms with Crippen LogP contribution >= 0.6 is 0 Å². The van der Waals surface area contributed by atoms with Gasteiger partial charge in [-0.2, -0.15) is 0 Å². The number of ether oxygens (including phenoxy) is 1. The lowest BCUT2D eigenvalue weighted by Crippen LogP contribution is -2.23. The maximum atomic E-state index is 13.9. The molecule has 0 saturated carbocycles. The van der Waals surface area contributed by atoms with Gasteiger partial charge in [0.25, 0.3) is 0 Å². The molecule has 0 saturated heterocycles. The molecule has 2 aromatic carbocycles. The SMILES string of the molecule is CCC1=C(c2ccc(OC3CCCC=C3F)cc2)NC(c2ccc(O)cc2)N1. The van der Waals surface area contributed by atoms with Gasteiger partial charge in [0.2, 0.25) is 0 Å². The van der Waals surface area contributed by atoms with Crippen molar-refractivity contribution in [1.82, 2.24) is 10.6 Å². The minimum atomic E-state index is -0.463. The summed E-state index contributed by atoms with van der Waals surface area (Å²) >= 11 is 0. The molecule has 2 aromatic rings. The van der Waals surface area contributed by atoms with Gasteiger partial charge in [-0.05, 0) is 79.3 Å². The van der Waals surface area contributed by atoms with Crippen LogP contribution in [0.4, 0.5) is 4.39 Å². The van der Waals surface area contributed by atoms with Crippen molar-refractivity contribution < 1.29 is 14.2 Å². The van der Waals surface area contributed by atoms with Gasteiger partial charge in [-0.1, -0.05) is 19.1 Å². The summed E-state index contributed by atoms with van der Waals surface area (Å²) in [7, 11) is 0. The van der Waals surface area contributed by atoms with E-state index in [2.05, 4.69) is 17.6 Å². The zero-order chi connectivity index (χ0) is 19.5. The predicted molar refractivity (Wildman–Crippen MR) is 108 cm³/mol. The van der Waals surface area contributed by atoms with Gasteiger partial charge in [0, 0.05) is 5.70 Å². The van der Waals surface area contributed by atoms with Gasteiger partial charge in [0.1, 0.15) is 29.6 Å². The van der Waals surface area contributed by atoms with E-state index in [1.54, 1.807) is 18.2 Å². The number of aromatic hydroxyl groups is 1. The Morgan fingerprint density at radius 3 is 2.50 bits per heavy atom. The van der Waals surface area contributed by atoms with Crippen molar-refractivity contribution in [2.45, 2.75) is 44.9 Å². The van der Waals surface area contributed by atoms with Crippen LogP contribution in [0, 0.1) is 0 Å².